The van der Waals surface area contributed by atoms with Crippen molar-refractivity contribution in [3.63, 3.8) is 0 Å². The number of hydrogen-bond donors (Lipinski definition) is 2. The highest BCUT2D eigenvalue weighted by Gasteiger charge is 2.24. The van der Waals surface area contributed by atoms with Gasteiger partial charge in [-0.3, -0.25) is 4.98 Å². The Kier molecular flexibility index (Phi) is 5.76. The normalized spacial score (nSPS) is 15.8. The maximum Gasteiger partial charge on any atom is 0.321 e. The van der Waals surface area contributed by atoms with E-state index in [1.54, 1.807) is 13.3 Å². The molecule has 0 amide bonds. The fourth-order valence-electron chi connectivity index (χ4n) is 3.23. The molecule has 1 fully saturated rings. The number of ether oxygens (including phenoxy) is 1. The third-order valence-electron chi connectivity index (χ3n) is 4.58. The molecule has 0 radical (unpaired) electrons. The molecule has 138 valence electrons. The molecule has 0 bridgehead atoms. The molecule has 1 aliphatic rings. The maximum atomic E-state index is 9.51. The van der Waals surface area contributed by atoms with E-state index in [-0.39, 0.29) is 12.5 Å². The zero-order valence-electron chi connectivity index (χ0n) is 14.3. The molecule has 2 heterocycles. The van der Waals surface area contributed by atoms with Crippen LogP contribution in [-0.2, 0) is 16.3 Å². The van der Waals surface area contributed by atoms with Crippen molar-refractivity contribution in [1.29, 1.82) is 5.26 Å². The van der Waals surface area contributed by atoms with Gasteiger partial charge < -0.3 is 23.9 Å². The summed E-state index contributed by atoms with van der Waals surface area (Å²) in [5.74, 6) is 0.937. The average molecular weight is 393 g/mol. The molecular formula is C17H20N3O4PS. The van der Waals surface area contributed by atoms with Gasteiger partial charge in [-0.1, -0.05) is 0 Å². The van der Waals surface area contributed by atoms with E-state index >= 15 is 0 Å². The van der Waals surface area contributed by atoms with Gasteiger partial charge in [-0.25, -0.2) is 0 Å². The van der Waals surface area contributed by atoms with E-state index in [1.807, 2.05) is 18.2 Å². The third kappa shape index (κ3) is 4.32. The van der Waals surface area contributed by atoms with Crippen molar-refractivity contribution in [3.05, 3.63) is 30.0 Å². The molecule has 1 aromatic carbocycles. The lowest BCUT2D eigenvalue weighted by Crippen LogP contribution is -2.35. The monoisotopic (exact) mass is 393 g/mol. The van der Waals surface area contributed by atoms with Gasteiger partial charge in [-0.05, 0) is 42.7 Å². The minimum Gasteiger partial charge on any atom is -0.497 e. The fraction of sp³-hybridized carbons (Fsp3) is 0.412. The SMILES string of the molecule is COc1ccc2c(N3CCC(COP(O)(O)=S)CC3)c(C#N)cnc2c1. The minimum absolute atomic E-state index is 0.214. The number of fused-ring (bicyclic) bond motifs is 1. The lowest BCUT2D eigenvalue weighted by molar-refractivity contribution is 0.191. The molecule has 26 heavy (non-hydrogen) atoms. The molecule has 1 aromatic heterocycles. The Bertz CT molecular complexity index is 887. The summed E-state index contributed by atoms with van der Waals surface area (Å²) in [4.78, 5) is 25.0. The number of nitriles is 1. The standard InChI is InChI=1S/C17H20N3O4PS/c1-23-14-2-3-15-16(8-14)19-10-13(9-18)17(15)20-6-4-12(5-7-20)11-24-25(21,22)26/h2-3,8,10,12H,4-7,11H2,1H3,(H2,21,22,26). The first-order chi connectivity index (χ1) is 12.4. The fourth-order valence-corrected chi connectivity index (χ4v) is 3.82. The molecule has 2 aromatic rings. The number of methoxy groups -OCH3 is 1. The minimum atomic E-state index is -3.60. The van der Waals surface area contributed by atoms with Crippen molar-refractivity contribution in [2.45, 2.75) is 12.8 Å². The van der Waals surface area contributed by atoms with Gasteiger partial charge in [0, 0.05) is 30.7 Å². The van der Waals surface area contributed by atoms with Gasteiger partial charge in [0.1, 0.15) is 11.8 Å². The van der Waals surface area contributed by atoms with Gasteiger partial charge >= 0.3 is 6.72 Å². The number of anilines is 1. The van der Waals surface area contributed by atoms with Crippen LogP contribution in [0.3, 0.4) is 0 Å². The predicted molar refractivity (Wildman–Crippen MR) is 103 cm³/mol. The van der Waals surface area contributed by atoms with E-state index in [0.717, 1.165) is 48.3 Å². The van der Waals surface area contributed by atoms with Gasteiger partial charge in [-0.15, -0.1) is 0 Å². The van der Waals surface area contributed by atoms with Crippen molar-refractivity contribution in [1.82, 2.24) is 4.98 Å². The first-order valence-corrected chi connectivity index (χ1v) is 10.9. The van der Waals surface area contributed by atoms with Gasteiger partial charge in [-0.2, -0.15) is 5.26 Å². The number of aromatic nitrogens is 1. The molecule has 3 rings (SSSR count). The topological polar surface area (TPSA) is 98.8 Å². The van der Waals surface area contributed by atoms with E-state index in [1.165, 1.54) is 0 Å². The highest BCUT2D eigenvalue weighted by molar-refractivity contribution is 8.06. The highest BCUT2D eigenvalue weighted by atomic mass is 32.5. The Hall–Kier alpha value is -1.75. The zero-order valence-corrected chi connectivity index (χ0v) is 16.0. The second-order valence-electron chi connectivity index (χ2n) is 6.23. The summed E-state index contributed by atoms with van der Waals surface area (Å²) in [6.07, 6.45) is 3.24. The van der Waals surface area contributed by atoms with E-state index in [2.05, 4.69) is 27.8 Å². The largest absolute Gasteiger partial charge is 0.497 e. The van der Waals surface area contributed by atoms with Crippen molar-refractivity contribution in [2.75, 3.05) is 31.7 Å². The van der Waals surface area contributed by atoms with Gasteiger partial charge in [0.2, 0.25) is 0 Å². The quantitative estimate of drug-likeness (QED) is 0.748. The summed E-state index contributed by atoms with van der Waals surface area (Å²) in [6, 6.07) is 7.89. The molecule has 0 aliphatic carbocycles. The number of rotatable bonds is 5. The molecule has 9 heteroatoms. The Balaban J connectivity index is 1.82. The van der Waals surface area contributed by atoms with E-state index in [0.29, 0.717) is 5.56 Å². The van der Waals surface area contributed by atoms with Gasteiger partial charge in [0.05, 0.1) is 30.5 Å². The van der Waals surface area contributed by atoms with E-state index < -0.39 is 6.72 Å². The Morgan fingerprint density at radius 1 is 1.38 bits per heavy atom. The third-order valence-corrected chi connectivity index (χ3v) is 5.38. The molecular weight excluding hydrogens is 373 g/mol. The molecule has 7 nitrogen and oxygen atoms in total. The Morgan fingerprint density at radius 2 is 2.12 bits per heavy atom. The molecule has 1 saturated heterocycles. The number of pyridine rings is 1. The van der Waals surface area contributed by atoms with Crippen molar-refractivity contribution in [2.24, 2.45) is 5.92 Å². The molecule has 0 atom stereocenters. The van der Waals surface area contributed by atoms with Crippen LogP contribution in [0.2, 0.25) is 0 Å². The number of piperidine rings is 1. The Morgan fingerprint density at radius 3 is 2.73 bits per heavy atom. The first kappa shape index (κ1) is 19.0. The van der Waals surface area contributed by atoms with Gasteiger partial charge in [0.15, 0.2) is 0 Å². The molecule has 0 unspecified atom stereocenters. The average Bonchev–Trinajstić information content (AvgIpc) is 2.64. The van der Waals surface area contributed by atoms with Crippen LogP contribution in [-0.4, -0.2) is 41.6 Å². The van der Waals surface area contributed by atoms with Crippen molar-refractivity contribution >= 4 is 35.1 Å². The first-order valence-electron chi connectivity index (χ1n) is 8.23. The van der Waals surface area contributed by atoms with Crippen LogP contribution in [0, 0.1) is 17.2 Å². The number of nitrogens with zero attached hydrogens (tertiary/aromatic N) is 3. The second kappa shape index (κ2) is 7.87. The van der Waals surface area contributed by atoms with Crippen LogP contribution in [0.15, 0.2) is 24.4 Å². The zero-order chi connectivity index (χ0) is 18.7. The Labute approximate surface area is 157 Å². The van der Waals surface area contributed by atoms with Crippen LogP contribution in [0.5, 0.6) is 5.75 Å². The van der Waals surface area contributed by atoms with Crippen LogP contribution >= 0.6 is 6.72 Å². The molecule has 1 aliphatic heterocycles. The summed E-state index contributed by atoms with van der Waals surface area (Å²) in [5, 5.41) is 10.4. The van der Waals surface area contributed by atoms with Gasteiger partial charge in [0.25, 0.3) is 0 Å². The second-order valence-corrected chi connectivity index (χ2v) is 8.90. The number of benzene rings is 1. The summed E-state index contributed by atoms with van der Waals surface area (Å²) in [5.41, 5.74) is 2.21. The molecule has 0 spiro atoms. The van der Waals surface area contributed by atoms with Crippen molar-refractivity contribution in [3.8, 4) is 11.8 Å². The molecule has 2 N–H and O–H groups in total. The summed E-state index contributed by atoms with van der Waals surface area (Å²) < 4.78 is 10.2. The summed E-state index contributed by atoms with van der Waals surface area (Å²) in [7, 11) is 1.61. The maximum absolute atomic E-state index is 9.51. The van der Waals surface area contributed by atoms with Crippen LogP contribution in [0.4, 0.5) is 5.69 Å². The van der Waals surface area contributed by atoms with Crippen LogP contribution in [0.25, 0.3) is 10.9 Å². The summed E-state index contributed by atoms with van der Waals surface area (Å²) >= 11 is 4.50. The number of hydrogen-bond acceptors (Lipinski definition) is 6. The van der Waals surface area contributed by atoms with Crippen LogP contribution in [0.1, 0.15) is 18.4 Å². The predicted octanol–water partition coefficient (Wildman–Crippen LogP) is 2.56. The lowest BCUT2D eigenvalue weighted by Gasteiger charge is -2.34. The summed E-state index contributed by atoms with van der Waals surface area (Å²) in [6.45, 7) is -1.87. The van der Waals surface area contributed by atoms with E-state index in [9.17, 15) is 15.0 Å². The lowest BCUT2D eigenvalue weighted by atomic mass is 9.96. The smallest absolute Gasteiger partial charge is 0.321 e. The highest BCUT2D eigenvalue weighted by Crippen LogP contribution is 2.39. The van der Waals surface area contributed by atoms with Crippen LogP contribution < -0.4 is 9.64 Å². The van der Waals surface area contributed by atoms with Crippen molar-refractivity contribution < 1.29 is 19.0 Å². The van der Waals surface area contributed by atoms with E-state index in [4.69, 9.17) is 9.26 Å². The molecule has 0 saturated carbocycles.